The largest absolute Gasteiger partial charge is 0.469 e. The van der Waals surface area contributed by atoms with Gasteiger partial charge in [0.25, 0.3) is 0 Å². The van der Waals surface area contributed by atoms with Crippen molar-refractivity contribution < 1.29 is 14.6 Å². The standard InChI is InChI=1S/C9H14O3/c1-12-9(11)6-2-5-4-8(10)7(5)3-6/h5-8,10H,2-4H2,1H3/t5-,6?,7+,8?/m1/s1. The lowest BCUT2D eigenvalue weighted by Crippen LogP contribution is -2.37. The minimum absolute atomic E-state index is 0.0575. The van der Waals surface area contributed by atoms with Crippen LogP contribution >= 0.6 is 0 Å². The summed E-state index contributed by atoms with van der Waals surface area (Å²) in [7, 11) is 1.43. The summed E-state index contributed by atoms with van der Waals surface area (Å²) in [5.41, 5.74) is 0. The van der Waals surface area contributed by atoms with Crippen LogP contribution in [0.4, 0.5) is 0 Å². The molecule has 4 atom stereocenters. The quantitative estimate of drug-likeness (QED) is 0.585. The van der Waals surface area contributed by atoms with Gasteiger partial charge < -0.3 is 9.84 Å². The topological polar surface area (TPSA) is 46.5 Å². The van der Waals surface area contributed by atoms with Crippen molar-refractivity contribution in [3.63, 3.8) is 0 Å². The number of methoxy groups -OCH3 is 1. The Morgan fingerprint density at radius 3 is 2.67 bits per heavy atom. The van der Waals surface area contributed by atoms with E-state index >= 15 is 0 Å². The molecule has 0 saturated heterocycles. The molecule has 2 rings (SSSR count). The molecule has 0 amide bonds. The number of hydrogen-bond donors (Lipinski definition) is 1. The average molecular weight is 170 g/mol. The highest BCUT2D eigenvalue weighted by molar-refractivity contribution is 5.72. The summed E-state index contributed by atoms with van der Waals surface area (Å²) in [5.74, 6) is 0.928. The highest BCUT2D eigenvalue weighted by Crippen LogP contribution is 2.49. The van der Waals surface area contributed by atoms with E-state index in [1.54, 1.807) is 0 Å². The number of fused-ring (bicyclic) bond motifs is 1. The molecule has 1 N–H and O–H groups in total. The van der Waals surface area contributed by atoms with Gasteiger partial charge in [-0.25, -0.2) is 0 Å². The lowest BCUT2D eigenvalue weighted by molar-refractivity contribution is -0.145. The molecule has 2 aliphatic carbocycles. The summed E-state index contributed by atoms with van der Waals surface area (Å²) in [5, 5.41) is 9.34. The van der Waals surface area contributed by atoms with E-state index in [4.69, 9.17) is 0 Å². The molecule has 2 unspecified atom stereocenters. The predicted molar refractivity (Wildman–Crippen MR) is 42.3 cm³/mol. The minimum atomic E-state index is -0.148. The lowest BCUT2D eigenvalue weighted by atomic mass is 9.74. The van der Waals surface area contributed by atoms with Crippen molar-refractivity contribution in [3.8, 4) is 0 Å². The number of rotatable bonds is 1. The number of ether oxygens (including phenoxy) is 1. The number of carbonyl (C=O) groups is 1. The second-order valence-electron chi connectivity index (χ2n) is 3.92. The molecule has 0 heterocycles. The number of esters is 1. The molecule has 3 heteroatoms. The van der Waals surface area contributed by atoms with Gasteiger partial charge in [0.2, 0.25) is 0 Å². The van der Waals surface area contributed by atoms with Gasteiger partial charge in [-0.05, 0) is 31.1 Å². The molecule has 12 heavy (non-hydrogen) atoms. The summed E-state index contributed by atoms with van der Waals surface area (Å²) in [6.07, 6.45) is 2.50. The summed E-state index contributed by atoms with van der Waals surface area (Å²) < 4.78 is 4.67. The lowest BCUT2D eigenvalue weighted by Gasteiger charge is -2.36. The SMILES string of the molecule is COC(=O)C1C[C@@H]2CC(O)[C@H]2C1. The van der Waals surface area contributed by atoms with Crippen LogP contribution < -0.4 is 0 Å². The second kappa shape index (κ2) is 2.73. The van der Waals surface area contributed by atoms with E-state index in [0.29, 0.717) is 11.8 Å². The van der Waals surface area contributed by atoms with Crippen LogP contribution in [0.5, 0.6) is 0 Å². The summed E-state index contributed by atoms with van der Waals surface area (Å²) in [6.45, 7) is 0. The van der Waals surface area contributed by atoms with Crippen molar-refractivity contribution in [2.45, 2.75) is 25.4 Å². The second-order valence-corrected chi connectivity index (χ2v) is 3.92. The van der Waals surface area contributed by atoms with E-state index in [9.17, 15) is 9.90 Å². The molecule has 0 spiro atoms. The van der Waals surface area contributed by atoms with Crippen molar-refractivity contribution in [1.82, 2.24) is 0 Å². The highest BCUT2D eigenvalue weighted by atomic mass is 16.5. The first kappa shape index (κ1) is 8.05. The fraction of sp³-hybridized carbons (Fsp3) is 0.889. The maximum Gasteiger partial charge on any atom is 0.308 e. The van der Waals surface area contributed by atoms with Crippen molar-refractivity contribution in [2.24, 2.45) is 17.8 Å². The molecular weight excluding hydrogens is 156 g/mol. The Bertz CT molecular complexity index is 202. The van der Waals surface area contributed by atoms with E-state index in [0.717, 1.165) is 19.3 Å². The van der Waals surface area contributed by atoms with Crippen molar-refractivity contribution in [3.05, 3.63) is 0 Å². The maximum absolute atomic E-state index is 11.1. The number of hydrogen-bond acceptors (Lipinski definition) is 3. The van der Waals surface area contributed by atoms with Gasteiger partial charge in [-0.1, -0.05) is 0 Å². The Balaban J connectivity index is 1.94. The van der Waals surface area contributed by atoms with Crippen LogP contribution in [0.3, 0.4) is 0 Å². The fourth-order valence-corrected chi connectivity index (χ4v) is 2.55. The Kier molecular flexibility index (Phi) is 1.83. The zero-order chi connectivity index (χ0) is 8.72. The first-order valence-electron chi connectivity index (χ1n) is 4.48. The van der Waals surface area contributed by atoms with E-state index < -0.39 is 0 Å². The van der Waals surface area contributed by atoms with Crippen LogP contribution in [0.25, 0.3) is 0 Å². The molecule has 0 aliphatic heterocycles. The summed E-state index contributed by atoms with van der Waals surface area (Å²) in [4.78, 5) is 11.1. The van der Waals surface area contributed by atoms with Crippen LogP contribution in [0.15, 0.2) is 0 Å². The zero-order valence-electron chi connectivity index (χ0n) is 7.19. The van der Waals surface area contributed by atoms with Gasteiger partial charge in [0.05, 0.1) is 19.1 Å². The van der Waals surface area contributed by atoms with Gasteiger partial charge in [0.1, 0.15) is 0 Å². The number of aliphatic hydroxyl groups is 1. The van der Waals surface area contributed by atoms with E-state index in [1.165, 1.54) is 7.11 Å². The third kappa shape index (κ3) is 1.04. The van der Waals surface area contributed by atoms with E-state index in [1.807, 2.05) is 0 Å². The Hall–Kier alpha value is -0.570. The van der Waals surface area contributed by atoms with Crippen molar-refractivity contribution in [2.75, 3.05) is 7.11 Å². The predicted octanol–water partition coefficient (Wildman–Crippen LogP) is 0.566. The first-order valence-corrected chi connectivity index (χ1v) is 4.48. The third-order valence-electron chi connectivity index (χ3n) is 3.32. The molecule has 2 fully saturated rings. The third-order valence-corrected chi connectivity index (χ3v) is 3.32. The zero-order valence-corrected chi connectivity index (χ0v) is 7.19. The molecule has 68 valence electrons. The molecule has 0 aromatic rings. The molecule has 0 aromatic carbocycles. The molecule has 0 bridgehead atoms. The number of carbonyl (C=O) groups excluding carboxylic acids is 1. The van der Waals surface area contributed by atoms with Gasteiger partial charge in [-0.2, -0.15) is 0 Å². The Labute approximate surface area is 71.7 Å². The first-order chi connectivity index (χ1) is 5.72. The minimum Gasteiger partial charge on any atom is -0.469 e. The Morgan fingerprint density at radius 2 is 2.17 bits per heavy atom. The number of aliphatic hydroxyl groups excluding tert-OH is 1. The molecule has 0 radical (unpaired) electrons. The van der Waals surface area contributed by atoms with Gasteiger partial charge in [0, 0.05) is 0 Å². The normalized spacial score (nSPS) is 44.8. The van der Waals surface area contributed by atoms with Crippen LogP contribution in [-0.4, -0.2) is 24.3 Å². The molecule has 0 aromatic heterocycles. The van der Waals surface area contributed by atoms with Gasteiger partial charge in [-0.15, -0.1) is 0 Å². The molecular formula is C9H14O3. The molecule has 3 nitrogen and oxygen atoms in total. The van der Waals surface area contributed by atoms with E-state index in [2.05, 4.69) is 4.74 Å². The summed E-state index contributed by atoms with van der Waals surface area (Å²) >= 11 is 0. The monoisotopic (exact) mass is 170 g/mol. The van der Waals surface area contributed by atoms with Gasteiger partial charge in [0.15, 0.2) is 0 Å². The average Bonchev–Trinajstić information content (AvgIpc) is 2.41. The van der Waals surface area contributed by atoms with Crippen LogP contribution in [0.2, 0.25) is 0 Å². The smallest absolute Gasteiger partial charge is 0.308 e. The molecule has 2 saturated carbocycles. The fourth-order valence-electron chi connectivity index (χ4n) is 2.55. The van der Waals surface area contributed by atoms with Crippen LogP contribution in [0, 0.1) is 17.8 Å². The Morgan fingerprint density at radius 1 is 1.42 bits per heavy atom. The highest BCUT2D eigenvalue weighted by Gasteiger charge is 2.48. The van der Waals surface area contributed by atoms with Gasteiger partial charge in [-0.3, -0.25) is 4.79 Å². The van der Waals surface area contributed by atoms with Crippen LogP contribution in [0.1, 0.15) is 19.3 Å². The van der Waals surface area contributed by atoms with Crippen molar-refractivity contribution in [1.29, 1.82) is 0 Å². The molecule has 2 aliphatic rings. The van der Waals surface area contributed by atoms with E-state index in [-0.39, 0.29) is 18.0 Å². The van der Waals surface area contributed by atoms with Crippen LogP contribution in [-0.2, 0) is 9.53 Å². The van der Waals surface area contributed by atoms with Gasteiger partial charge >= 0.3 is 5.97 Å². The maximum atomic E-state index is 11.1. The van der Waals surface area contributed by atoms with Crippen molar-refractivity contribution >= 4 is 5.97 Å². The summed E-state index contributed by atoms with van der Waals surface area (Å²) in [6, 6.07) is 0.